The lowest BCUT2D eigenvalue weighted by molar-refractivity contribution is 0.318. The molecule has 0 unspecified atom stereocenters. The van der Waals surface area contributed by atoms with Crippen molar-refractivity contribution >= 4 is 27.5 Å². The summed E-state index contributed by atoms with van der Waals surface area (Å²) in [5, 5.41) is 11.6. The molecule has 1 aliphatic rings. The minimum atomic E-state index is -0.373. The molecule has 1 aliphatic carbocycles. The van der Waals surface area contributed by atoms with Crippen LogP contribution in [0.1, 0.15) is 37.7 Å². The van der Waals surface area contributed by atoms with Gasteiger partial charge in [-0.1, -0.05) is 24.4 Å². The van der Waals surface area contributed by atoms with Gasteiger partial charge in [0.05, 0.1) is 10.2 Å². The molecule has 110 valence electrons. The highest BCUT2D eigenvalue weighted by molar-refractivity contribution is 9.10. The molecule has 0 bridgehead atoms. The molecule has 0 radical (unpaired) electrons. The topological polar surface area (TPSA) is 61.8 Å². The molecule has 0 amide bonds. The fraction of sp³-hybridized carbons (Fsp3) is 0.500. The lowest BCUT2D eigenvalue weighted by Gasteiger charge is -2.33. The smallest absolute Gasteiger partial charge is 0.171 e. The van der Waals surface area contributed by atoms with Crippen LogP contribution in [0.2, 0.25) is 0 Å². The Balaban J connectivity index is 2.31. The summed E-state index contributed by atoms with van der Waals surface area (Å²) >= 11 is 3.19. The third-order valence-electron chi connectivity index (χ3n) is 3.95. The molecule has 0 saturated heterocycles. The predicted molar refractivity (Wildman–Crippen MR) is 81.9 cm³/mol. The number of amidine groups is 1. The van der Waals surface area contributed by atoms with Crippen molar-refractivity contribution in [1.29, 1.82) is 0 Å². The molecule has 1 aromatic carbocycles. The summed E-state index contributed by atoms with van der Waals surface area (Å²) < 4.78 is 14.7. The molecule has 1 saturated carbocycles. The fourth-order valence-corrected chi connectivity index (χ4v) is 3.27. The number of anilines is 1. The lowest BCUT2D eigenvalue weighted by atomic mass is 9.94. The zero-order valence-electron chi connectivity index (χ0n) is 11.4. The van der Waals surface area contributed by atoms with Crippen molar-refractivity contribution in [2.45, 2.75) is 38.1 Å². The Labute approximate surface area is 126 Å². The van der Waals surface area contributed by atoms with Crippen LogP contribution in [0.4, 0.5) is 10.1 Å². The third-order valence-corrected chi connectivity index (χ3v) is 4.72. The number of benzene rings is 1. The number of nitrogens with zero attached hydrogens (tertiary/aromatic N) is 2. The van der Waals surface area contributed by atoms with Crippen molar-refractivity contribution in [3.05, 3.63) is 28.0 Å². The number of hydrogen-bond acceptors (Lipinski definition) is 3. The second kappa shape index (κ2) is 6.43. The zero-order valence-corrected chi connectivity index (χ0v) is 13.0. The van der Waals surface area contributed by atoms with Crippen LogP contribution in [0, 0.1) is 5.82 Å². The molecule has 0 aliphatic heterocycles. The molecule has 0 atom stereocenters. The number of halogens is 2. The van der Waals surface area contributed by atoms with Gasteiger partial charge in [0.25, 0.3) is 0 Å². The van der Waals surface area contributed by atoms with Gasteiger partial charge in [0.2, 0.25) is 0 Å². The largest absolute Gasteiger partial charge is 0.409 e. The average Bonchev–Trinajstić information content (AvgIpc) is 2.49. The quantitative estimate of drug-likeness (QED) is 0.382. The first kappa shape index (κ1) is 15.1. The first-order valence-corrected chi connectivity index (χ1v) is 7.54. The molecule has 0 spiro atoms. The van der Waals surface area contributed by atoms with Gasteiger partial charge in [-0.25, -0.2) is 4.39 Å². The summed E-state index contributed by atoms with van der Waals surface area (Å²) in [4.78, 5) is 2.00. The normalized spacial score (nSPS) is 17.2. The Bertz CT molecular complexity index is 515. The third kappa shape index (κ3) is 2.90. The first-order valence-electron chi connectivity index (χ1n) is 6.75. The van der Waals surface area contributed by atoms with Gasteiger partial charge in [-0.05, 0) is 40.9 Å². The van der Waals surface area contributed by atoms with Crippen LogP contribution in [-0.2, 0) is 0 Å². The Morgan fingerprint density at radius 1 is 1.40 bits per heavy atom. The van der Waals surface area contributed by atoms with E-state index in [1.54, 1.807) is 12.1 Å². The first-order chi connectivity index (χ1) is 9.56. The minimum Gasteiger partial charge on any atom is -0.409 e. The number of rotatable bonds is 3. The monoisotopic (exact) mass is 343 g/mol. The summed E-state index contributed by atoms with van der Waals surface area (Å²) in [5.41, 5.74) is 6.42. The van der Waals surface area contributed by atoms with Gasteiger partial charge in [-0.2, -0.15) is 0 Å². The number of nitrogens with two attached hydrogens (primary N) is 1. The van der Waals surface area contributed by atoms with Gasteiger partial charge in [-0.15, -0.1) is 0 Å². The van der Waals surface area contributed by atoms with Gasteiger partial charge in [0.15, 0.2) is 11.7 Å². The molecule has 2 rings (SSSR count). The van der Waals surface area contributed by atoms with E-state index in [4.69, 9.17) is 10.9 Å². The molecule has 0 aromatic heterocycles. The summed E-state index contributed by atoms with van der Waals surface area (Å²) in [6, 6.07) is 3.72. The molecular weight excluding hydrogens is 325 g/mol. The molecule has 1 fully saturated rings. The molecule has 20 heavy (non-hydrogen) atoms. The van der Waals surface area contributed by atoms with Crippen LogP contribution >= 0.6 is 15.9 Å². The highest BCUT2D eigenvalue weighted by Gasteiger charge is 2.23. The van der Waals surface area contributed by atoms with Crippen molar-refractivity contribution in [1.82, 2.24) is 0 Å². The Morgan fingerprint density at radius 3 is 2.65 bits per heavy atom. The molecular formula is C14H19BrFN3O. The molecule has 6 heteroatoms. The van der Waals surface area contributed by atoms with E-state index in [2.05, 4.69) is 21.1 Å². The van der Waals surface area contributed by atoms with Crippen LogP contribution in [0.3, 0.4) is 0 Å². The Morgan fingerprint density at radius 2 is 2.05 bits per heavy atom. The van der Waals surface area contributed by atoms with Crippen molar-refractivity contribution in [2.75, 3.05) is 11.9 Å². The highest BCUT2D eigenvalue weighted by atomic mass is 79.9. The SMILES string of the molecule is CN(c1ccc(/C(N)=N/O)c(Br)c1F)C1CCCCC1. The summed E-state index contributed by atoms with van der Waals surface area (Å²) in [6.45, 7) is 0. The van der Waals surface area contributed by atoms with Gasteiger partial charge in [0, 0.05) is 18.7 Å². The fourth-order valence-electron chi connectivity index (χ4n) is 2.73. The number of oxime groups is 1. The molecule has 3 N–H and O–H groups in total. The van der Waals surface area contributed by atoms with Crippen LogP contribution < -0.4 is 10.6 Å². The van der Waals surface area contributed by atoms with Crippen molar-refractivity contribution in [3.63, 3.8) is 0 Å². The average molecular weight is 344 g/mol. The maximum Gasteiger partial charge on any atom is 0.171 e. The standard InChI is InChI=1S/C14H19BrFN3O/c1-19(9-5-3-2-4-6-9)11-8-7-10(14(17)18-20)12(15)13(11)16/h7-9,20H,2-6H2,1H3,(H2,17,18). The van der Waals surface area contributed by atoms with E-state index in [1.807, 2.05) is 11.9 Å². The van der Waals surface area contributed by atoms with E-state index in [0.717, 1.165) is 12.8 Å². The van der Waals surface area contributed by atoms with Gasteiger partial charge >= 0.3 is 0 Å². The van der Waals surface area contributed by atoms with Crippen LogP contribution in [-0.4, -0.2) is 24.1 Å². The van der Waals surface area contributed by atoms with Gasteiger partial charge in [-0.3, -0.25) is 0 Å². The lowest BCUT2D eigenvalue weighted by Crippen LogP contribution is -2.34. The van der Waals surface area contributed by atoms with E-state index in [0.29, 0.717) is 17.3 Å². The molecule has 0 heterocycles. The summed E-state index contributed by atoms with van der Waals surface area (Å²) in [6.07, 6.45) is 5.84. The van der Waals surface area contributed by atoms with E-state index in [9.17, 15) is 4.39 Å². The van der Waals surface area contributed by atoms with Crippen LogP contribution in [0.5, 0.6) is 0 Å². The predicted octanol–water partition coefficient (Wildman–Crippen LogP) is 3.45. The van der Waals surface area contributed by atoms with Crippen LogP contribution in [0.15, 0.2) is 21.8 Å². The van der Waals surface area contributed by atoms with Crippen molar-refractivity contribution in [3.8, 4) is 0 Å². The van der Waals surface area contributed by atoms with E-state index >= 15 is 0 Å². The van der Waals surface area contributed by atoms with Crippen molar-refractivity contribution in [2.24, 2.45) is 10.9 Å². The minimum absolute atomic E-state index is 0.109. The van der Waals surface area contributed by atoms with Crippen LogP contribution in [0.25, 0.3) is 0 Å². The summed E-state index contributed by atoms with van der Waals surface area (Å²) in [7, 11) is 1.92. The maximum absolute atomic E-state index is 14.5. The van der Waals surface area contributed by atoms with E-state index in [1.165, 1.54) is 19.3 Å². The highest BCUT2D eigenvalue weighted by Crippen LogP contribution is 2.32. The molecule has 4 nitrogen and oxygen atoms in total. The Kier molecular flexibility index (Phi) is 4.86. The maximum atomic E-state index is 14.5. The second-order valence-electron chi connectivity index (χ2n) is 5.15. The Hall–Kier alpha value is -1.30. The van der Waals surface area contributed by atoms with E-state index < -0.39 is 0 Å². The number of hydrogen-bond donors (Lipinski definition) is 2. The zero-order chi connectivity index (χ0) is 14.7. The summed E-state index contributed by atoms with van der Waals surface area (Å²) in [5.74, 6) is -0.482. The second-order valence-corrected chi connectivity index (χ2v) is 5.94. The van der Waals surface area contributed by atoms with Gasteiger partial charge < -0.3 is 15.8 Å². The van der Waals surface area contributed by atoms with Gasteiger partial charge in [0.1, 0.15) is 0 Å². The van der Waals surface area contributed by atoms with Crippen molar-refractivity contribution < 1.29 is 9.60 Å². The van der Waals surface area contributed by atoms with E-state index in [-0.39, 0.29) is 16.1 Å². The molecule has 1 aromatic rings.